The largest absolute Gasteiger partial charge is 0.453 e. The van der Waals surface area contributed by atoms with Gasteiger partial charge < -0.3 is 4.42 Å². The van der Waals surface area contributed by atoms with Crippen molar-refractivity contribution < 1.29 is 17.6 Å². The maximum Gasteiger partial charge on any atom is 0.261 e. The fourth-order valence-corrected chi connectivity index (χ4v) is 3.88. The van der Waals surface area contributed by atoms with Gasteiger partial charge in [0.05, 0.1) is 4.90 Å². The standard InChI is InChI=1S/C20H14N2O4S/c23-13-17-10-15-11-21-12-19(20(15)26-17)14-5-4-6-16(9-14)22-27(24,25)18-7-2-1-3-8-18/h1-13,22H. The molecule has 0 aliphatic heterocycles. The van der Waals surface area contributed by atoms with Gasteiger partial charge in [0.25, 0.3) is 10.0 Å². The van der Waals surface area contributed by atoms with Gasteiger partial charge in [-0.05, 0) is 35.9 Å². The number of rotatable bonds is 5. The van der Waals surface area contributed by atoms with E-state index in [9.17, 15) is 13.2 Å². The summed E-state index contributed by atoms with van der Waals surface area (Å²) in [5, 5.41) is 0.699. The lowest BCUT2D eigenvalue weighted by Gasteiger charge is -2.10. The molecule has 0 bridgehead atoms. The molecule has 2 heterocycles. The zero-order valence-corrected chi connectivity index (χ0v) is 14.8. The molecule has 1 N–H and O–H groups in total. The minimum atomic E-state index is -3.69. The molecule has 0 aliphatic rings. The number of fused-ring (bicyclic) bond motifs is 1. The van der Waals surface area contributed by atoms with E-state index in [4.69, 9.17) is 4.42 Å². The van der Waals surface area contributed by atoms with Crippen LogP contribution >= 0.6 is 0 Å². The molecular formula is C20H14N2O4S. The van der Waals surface area contributed by atoms with Crippen LogP contribution in [0.3, 0.4) is 0 Å². The number of hydrogen-bond acceptors (Lipinski definition) is 5. The molecule has 0 amide bonds. The van der Waals surface area contributed by atoms with Crippen LogP contribution < -0.4 is 4.72 Å². The molecule has 0 saturated carbocycles. The number of pyridine rings is 1. The fourth-order valence-electron chi connectivity index (χ4n) is 2.81. The zero-order valence-electron chi connectivity index (χ0n) is 14.0. The third-order valence-corrected chi connectivity index (χ3v) is 5.43. The van der Waals surface area contributed by atoms with Crippen LogP contribution in [0.25, 0.3) is 22.1 Å². The van der Waals surface area contributed by atoms with E-state index in [1.807, 2.05) is 6.07 Å². The van der Waals surface area contributed by atoms with E-state index >= 15 is 0 Å². The summed E-state index contributed by atoms with van der Waals surface area (Å²) in [5.74, 6) is 0.209. The summed E-state index contributed by atoms with van der Waals surface area (Å²) in [4.78, 5) is 15.3. The van der Waals surface area contributed by atoms with E-state index in [0.29, 0.717) is 34.1 Å². The third kappa shape index (κ3) is 3.32. The summed E-state index contributed by atoms with van der Waals surface area (Å²) in [5.41, 5.74) is 2.32. The van der Waals surface area contributed by atoms with Gasteiger partial charge in [-0.15, -0.1) is 0 Å². The maximum absolute atomic E-state index is 12.5. The van der Waals surface area contributed by atoms with E-state index in [2.05, 4.69) is 9.71 Å². The van der Waals surface area contributed by atoms with E-state index in [0.717, 1.165) is 0 Å². The van der Waals surface area contributed by atoms with Crippen molar-refractivity contribution >= 4 is 33.0 Å². The Balaban J connectivity index is 1.74. The molecule has 4 aromatic rings. The predicted molar refractivity (Wildman–Crippen MR) is 102 cm³/mol. The van der Waals surface area contributed by atoms with Crippen molar-refractivity contribution in [2.45, 2.75) is 4.90 Å². The Labute approximate surface area is 155 Å². The van der Waals surface area contributed by atoms with E-state index in [1.54, 1.807) is 54.9 Å². The summed E-state index contributed by atoms with van der Waals surface area (Å²) >= 11 is 0. The van der Waals surface area contributed by atoms with Gasteiger partial charge >= 0.3 is 0 Å². The van der Waals surface area contributed by atoms with Crippen molar-refractivity contribution in [3.63, 3.8) is 0 Å². The first-order valence-corrected chi connectivity index (χ1v) is 9.56. The van der Waals surface area contributed by atoms with Gasteiger partial charge in [0.2, 0.25) is 0 Å². The van der Waals surface area contributed by atoms with Crippen molar-refractivity contribution in [1.82, 2.24) is 4.98 Å². The van der Waals surface area contributed by atoms with Crippen LogP contribution in [0.1, 0.15) is 10.6 Å². The topological polar surface area (TPSA) is 89.3 Å². The average Bonchev–Trinajstić information content (AvgIpc) is 3.12. The second kappa shape index (κ2) is 6.69. The minimum Gasteiger partial charge on any atom is -0.453 e. The third-order valence-electron chi connectivity index (χ3n) is 4.04. The van der Waals surface area contributed by atoms with Crippen molar-refractivity contribution in [2.75, 3.05) is 4.72 Å². The number of benzene rings is 2. The number of sulfonamides is 1. The highest BCUT2D eigenvalue weighted by molar-refractivity contribution is 7.92. The molecule has 0 spiro atoms. The maximum atomic E-state index is 12.5. The molecular weight excluding hydrogens is 364 g/mol. The molecule has 2 aromatic heterocycles. The second-order valence-electron chi connectivity index (χ2n) is 5.87. The predicted octanol–water partition coefficient (Wildman–Crippen LogP) is 4.11. The summed E-state index contributed by atoms with van der Waals surface area (Å²) in [6, 6.07) is 16.7. The number of nitrogens with zero attached hydrogens (tertiary/aromatic N) is 1. The fraction of sp³-hybridized carbons (Fsp3) is 0. The highest BCUT2D eigenvalue weighted by Crippen LogP contribution is 2.31. The molecule has 27 heavy (non-hydrogen) atoms. The zero-order chi connectivity index (χ0) is 18.9. The number of carbonyl (C=O) groups is 1. The molecule has 134 valence electrons. The van der Waals surface area contributed by atoms with Crippen molar-refractivity contribution in [3.8, 4) is 11.1 Å². The Morgan fingerprint density at radius 2 is 1.78 bits per heavy atom. The minimum absolute atomic E-state index is 0.181. The molecule has 4 rings (SSSR count). The first kappa shape index (κ1) is 17.0. The number of aldehydes is 1. The lowest BCUT2D eigenvalue weighted by Crippen LogP contribution is -2.12. The van der Waals surface area contributed by atoms with Gasteiger partial charge in [-0.1, -0.05) is 30.3 Å². The SMILES string of the molecule is O=Cc1cc2cncc(-c3cccc(NS(=O)(=O)c4ccccc4)c3)c2o1. The van der Waals surface area contributed by atoms with Gasteiger partial charge in [-0.25, -0.2) is 8.42 Å². The van der Waals surface area contributed by atoms with E-state index in [1.165, 1.54) is 12.1 Å². The lowest BCUT2D eigenvalue weighted by molar-refractivity contribution is 0.110. The van der Waals surface area contributed by atoms with Gasteiger partial charge in [0.1, 0.15) is 5.58 Å². The molecule has 0 aliphatic carbocycles. The molecule has 7 heteroatoms. The van der Waals surface area contributed by atoms with Gasteiger partial charge in [0, 0.05) is 29.0 Å². The van der Waals surface area contributed by atoms with Crippen LogP contribution in [0.2, 0.25) is 0 Å². The smallest absolute Gasteiger partial charge is 0.261 e. The number of hydrogen-bond donors (Lipinski definition) is 1. The first-order valence-electron chi connectivity index (χ1n) is 8.08. The molecule has 0 fully saturated rings. The van der Waals surface area contributed by atoms with Crippen molar-refractivity contribution in [2.24, 2.45) is 0 Å². The Kier molecular flexibility index (Phi) is 4.21. The quantitative estimate of drug-likeness (QED) is 0.528. The van der Waals surface area contributed by atoms with Crippen LogP contribution in [0.5, 0.6) is 0 Å². The van der Waals surface area contributed by atoms with Gasteiger partial charge in [-0.2, -0.15) is 0 Å². The van der Waals surface area contributed by atoms with Crippen molar-refractivity contribution in [1.29, 1.82) is 0 Å². The van der Waals surface area contributed by atoms with E-state index in [-0.39, 0.29) is 10.7 Å². The van der Waals surface area contributed by atoms with Gasteiger partial charge in [0.15, 0.2) is 12.0 Å². The van der Waals surface area contributed by atoms with Crippen LogP contribution in [0, 0.1) is 0 Å². The number of anilines is 1. The van der Waals surface area contributed by atoms with Crippen LogP contribution in [0.4, 0.5) is 5.69 Å². The Hall–Kier alpha value is -3.45. The lowest BCUT2D eigenvalue weighted by atomic mass is 10.1. The number of nitrogens with one attached hydrogen (secondary N) is 1. The van der Waals surface area contributed by atoms with E-state index < -0.39 is 10.0 Å². The Morgan fingerprint density at radius 1 is 0.963 bits per heavy atom. The van der Waals surface area contributed by atoms with Crippen molar-refractivity contribution in [3.05, 3.63) is 78.8 Å². The number of aromatic nitrogens is 1. The molecule has 0 atom stereocenters. The van der Waals surface area contributed by atoms with Crippen LogP contribution in [0.15, 0.2) is 82.4 Å². The summed E-state index contributed by atoms with van der Waals surface area (Å²) in [7, 11) is -3.69. The summed E-state index contributed by atoms with van der Waals surface area (Å²) < 4.78 is 33.2. The molecule has 6 nitrogen and oxygen atoms in total. The second-order valence-corrected chi connectivity index (χ2v) is 7.55. The highest BCUT2D eigenvalue weighted by atomic mass is 32.2. The summed E-state index contributed by atoms with van der Waals surface area (Å²) in [6.45, 7) is 0. The monoisotopic (exact) mass is 378 g/mol. The number of carbonyl (C=O) groups excluding carboxylic acids is 1. The van der Waals surface area contributed by atoms with Crippen LogP contribution in [-0.2, 0) is 10.0 Å². The molecule has 0 unspecified atom stereocenters. The number of furan rings is 1. The normalized spacial score (nSPS) is 11.4. The summed E-state index contributed by atoms with van der Waals surface area (Å²) in [6.07, 6.45) is 3.86. The first-order chi connectivity index (χ1) is 13.1. The molecule has 2 aromatic carbocycles. The Bertz CT molecular complexity index is 1230. The highest BCUT2D eigenvalue weighted by Gasteiger charge is 2.15. The van der Waals surface area contributed by atoms with Crippen LogP contribution in [-0.4, -0.2) is 19.7 Å². The Morgan fingerprint density at radius 3 is 2.56 bits per heavy atom. The average molecular weight is 378 g/mol. The van der Waals surface area contributed by atoms with Gasteiger partial charge in [-0.3, -0.25) is 14.5 Å². The molecule has 0 saturated heterocycles. The molecule has 0 radical (unpaired) electrons.